The van der Waals surface area contributed by atoms with E-state index in [1.807, 2.05) is 55.5 Å². The summed E-state index contributed by atoms with van der Waals surface area (Å²) in [6, 6.07) is 15.6. The van der Waals surface area contributed by atoms with Crippen LogP contribution in [0.15, 0.2) is 48.5 Å². The van der Waals surface area contributed by atoms with E-state index < -0.39 is 6.09 Å². The normalized spacial score (nSPS) is 10.3. The number of halogens is 1. The first kappa shape index (κ1) is 19.1. The Bertz CT molecular complexity index is 661. The van der Waals surface area contributed by atoms with Crippen LogP contribution in [0.5, 0.6) is 5.75 Å². The maximum absolute atomic E-state index is 12.0. The van der Waals surface area contributed by atoms with Gasteiger partial charge in [0.05, 0.1) is 12.3 Å². The van der Waals surface area contributed by atoms with Gasteiger partial charge in [0.25, 0.3) is 0 Å². The van der Waals surface area contributed by atoms with Gasteiger partial charge in [-0.15, -0.1) is 11.6 Å². The van der Waals surface area contributed by atoms with Crippen LogP contribution in [0.2, 0.25) is 0 Å². The van der Waals surface area contributed by atoms with Crippen LogP contribution in [0.4, 0.5) is 10.5 Å². The van der Waals surface area contributed by atoms with E-state index in [-0.39, 0.29) is 0 Å². The Kier molecular flexibility index (Phi) is 8.13. The summed E-state index contributed by atoms with van der Waals surface area (Å²) in [5, 5.41) is 2.78. The fourth-order valence-corrected chi connectivity index (χ4v) is 2.47. The Morgan fingerprint density at radius 2 is 1.92 bits per heavy atom. The van der Waals surface area contributed by atoms with Gasteiger partial charge in [0.2, 0.25) is 0 Å². The summed E-state index contributed by atoms with van der Waals surface area (Å²) < 4.78 is 11.1. The molecular weight excluding hydrogens is 338 g/mol. The highest BCUT2D eigenvalue weighted by Gasteiger charge is 2.10. The molecule has 2 aromatic rings. The number of aryl methyl sites for hydroxylation is 1. The molecule has 0 aliphatic rings. The van der Waals surface area contributed by atoms with Crippen molar-refractivity contribution < 1.29 is 14.3 Å². The van der Waals surface area contributed by atoms with Gasteiger partial charge in [-0.25, -0.2) is 4.79 Å². The molecule has 0 radical (unpaired) electrons. The predicted molar refractivity (Wildman–Crippen MR) is 102 cm³/mol. The van der Waals surface area contributed by atoms with Gasteiger partial charge in [0.15, 0.2) is 0 Å². The molecule has 134 valence electrons. The zero-order valence-electron chi connectivity index (χ0n) is 14.5. The topological polar surface area (TPSA) is 47.6 Å². The van der Waals surface area contributed by atoms with Crippen molar-refractivity contribution in [3.05, 3.63) is 59.7 Å². The van der Waals surface area contributed by atoms with Crippen molar-refractivity contribution in [3.63, 3.8) is 0 Å². The molecular formula is C20H24ClNO3. The summed E-state index contributed by atoms with van der Waals surface area (Å²) in [5.74, 6) is 1.12. The zero-order valence-corrected chi connectivity index (χ0v) is 15.2. The Balaban J connectivity index is 2.07. The quantitative estimate of drug-likeness (QED) is 0.480. The molecule has 0 aliphatic heterocycles. The van der Waals surface area contributed by atoms with Crippen molar-refractivity contribution in [3.8, 4) is 5.75 Å². The standard InChI is InChI=1S/C20H24ClNO3/c1-2-3-13-24-20(23)22-18-14-16(11-12-21)9-10-19(18)25-15-17-7-5-4-6-8-17/h4-10,14H,2-3,11-13,15H2,1H3,(H,22,23). The summed E-state index contributed by atoms with van der Waals surface area (Å²) in [6.45, 7) is 2.88. The van der Waals surface area contributed by atoms with E-state index in [4.69, 9.17) is 21.1 Å². The van der Waals surface area contributed by atoms with Crippen LogP contribution < -0.4 is 10.1 Å². The number of carbonyl (C=O) groups is 1. The number of ether oxygens (including phenoxy) is 2. The second kappa shape index (κ2) is 10.6. The number of amides is 1. The third-order valence-electron chi connectivity index (χ3n) is 3.63. The summed E-state index contributed by atoms with van der Waals surface area (Å²) in [4.78, 5) is 12.0. The number of benzene rings is 2. The second-order valence-electron chi connectivity index (χ2n) is 5.66. The van der Waals surface area contributed by atoms with Crippen molar-refractivity contribution in [2.75, 3.05) is 17.8 Å². The molecule has 0 unspecified atom stereocenters. The third-order valence-corrected chi connectivity index (χ3v) is 3.82. The molecule has 1 amide bonds. The lowest BCUT2D eigenvalue weighted by Crippen LogP contribution is -2.15. The lowest BCUT2D eigenvalue weighted by atomic mass is 10.1. The molecule has 0 heterocycles. The Labute approximate surface area is 154 Å². The van der Waals surface area contributed by atoms with Crippen LogP contribution in [0.3, 0.4) is 0 Å². The maximum atomic E-state index is 12.0. The monoisotopic (exact) mass is 361 g/mol. The van der Waals surface area contributed by atoms with Crippen molar-refractivity contribution in [2.24, 2.45) is 0 Å². The molecule has 1 N–H and O–H groups in total. The molecule has 2 rings (SSSR count). The van der Waals surface area contributed by atoms with Gasteiger partial charge in [-0.2, -0.15) is 0 Å². The van der Waals surface area contributed by atoms with E-state index in [9.17, 15) is 4.79 Å². The highest BCUT2D eigenvalue weighted by atomic mass is 35.5. The average Bonchev–Trinajstić information content (AvgIpc) is 2.62. The number of carbonyl (C=O) groups excluding carboxylic acids is 1. The summed E-state index contributed by atoms with van der Waals surface area (Å²) in [6.07, 6.45) is 2.07. The molecule has 0 fully saturated rings. The SMILES string of the molecule is CCCCOC(=O)Nc1cc(CCCl)ccc1OCc1ccccc1. The summed E-state index contributed by atoms with van der Waals surface area (Å²) in [7, 11) is 0. The molecule has 0 aromatic heterocycles. The van der Waals surface area contributed by atoms with Gasteiger partial charge in [0.1, 0.15) is 12.4 Å². The van der Waals surface area contributed by atoms with Crippen molar-refractivity contribution in [1.82, 2.24) is 0 Å². The Morgan fingerprint density at radius 3 is 2.64 bits per heavy atom. The largest absolute Gasteiger partial charge is 0.487 e. The maximum Gasteiger partial charge on any atom is 0.411 e. The predicted octanol–water partition coefficient (Wildman–Crippen LogP) is 5.40. The fourth-order valence-electron chi connectivity index (χ4n) is 2.26. The molecule has 4 nitrogen and oxygen atoms in total. The summed E-state index contributed by atoms with van der Waals surface area (Å²) >= 11 is 5.82. The average molecular weight is 362 g/mol. The van der Waals surface area contributed by atoms with Crippen LogP contribution in [-0.2, 0) is 17.8 Å². The zero-order chi connectivity index (χ0) is 17.9. The van der Waals surface area contributed by atoms with Gasteiger partial charge in [-0.05, 0) is 36.1 Å². The van der Waals surface area contributed by atoms with Gasteiger partial charge < -0.3 is 9.47 Å². The van der Waals surface area contributed by atoms with Crippen molar-refractivity contribution in [1.29, 1.82) is 0 Å². The molecule has 2 aromatic carbocycles. The highest BCUT2D eigenvalue weighted by molar-refractivity contribution is 6.18. The molecule has 0 aliphatic carbocycles. The van der Waals surface area contributed by atoms with E-state index in [0.29, 0.717) is 30.5 Å². The highest BCUT2D eigenvalue weighted by Crippen LogP contribution is 2.27. The molecule has 0 atom stereocenters. The number of unbranched alkanes of at least 4 members (excludes halogenated alkanes) is 1. The minimum Gasteiger partial charge on any atom is -0.487 e. The van der Waals surface area contributed by atoms with E-state index in [0.717, 1.165) is 30.4 Å². The number of alkyl halides is 1. The molecule has 0 spiro atoms. The van der Waals surface area contributed by atoms with E-state index >= 15 is 0 Å². The smallest absolute Gasteiger partial charge is 0.411 e. The fraction of sp³-hybridized carbons (Fsp3) is 0.350. The Morgan fingerprint density at radius 1 is 1.12 bits per heavy atom. The first-order chi connectivity index (χ1) is 12.2. The number of rotatable bonds is 9. The molecule has 25 heavy (non-hydrogen) atoms. The lowest BCUT2D eigenvalue weighted by molar-refractivity contribution is 0.159. The number of hydrogen-bond donors (Lipinski definition) is 1. The first-order valence-corrected chi connectivity index (χ1v) is 9.05. The van der Waals surface area contributed by atoms with Gasteiger partial charge >= 0.3 is 6.09 Å². The van der Waals surface area contributed by atoms with Gasteiger partial charge in [0, 0.05) is 5.88 Å². The van der Waals surface area contributed by atoms with Gasteiger partial charge in [-0.1, -0.05) is 49.7 Å². The van der Waals surface area contributed by atoms with Crippen LogP contribution in [0.1, 0.15) is 30.9 Å². The van der Waals surface area contributed by atoms with Crippen molar-refractivity contribution in [2.45, 2.75) is 32.8 Å². The number of anilines is 1. The van der Waals surface area contributed by atoms with Crippen LogP contribution in [0.25, 0.3) is 0 Å². The number of nitrogens with one attached hydrogen (secondary N) is 1. The molecule has 0 saturated carbocycles. The van der Waals surface area contributed by atoms with Crippen LogP contribution >= 0.6 is 11.6 Å². The minimum absolute atomic E-state index is 0.407. The summed E-state index contributed by atoms with van der Waals surface area (Å²) in [5.41, 5.74) is 2.69. The van der Waals surface area contributed by atoms with Crippen LogP contribution in [0, 0.1) is 0 Å². The molecule has 0 bridgehead atoms. The van der Waals surface area contributed by atoms with Crippen LogP contribution in [-0.4, -0.2) is 18.6 Å². The van der Waals surface area contributed by atoms with Crippen molar-refractivity contribution >= 4 is 23.4 Å². The van der Waals surface area contributed by atoms with E-state index in [2.05, 4.69) is 5.32 Å². The molecule has 0 saturated heterocycles. The Hall–Kier alpha value is -2.20. The molecule has 5 heteroatoms. The lowest BCUT2D eigenvalue weighted by Gasteiger charge is -2.14. The third kappa shape index (κ3) is 6.67. The first-order valence-electron chi connectivity index (χ1n) is 8.52. The van der Waals surface area contributed by atoms with Gasteiger partial charge in [-0.3, -0.25) is 5.32 Å². The number of hydrogen-bond acceptors (Lipinski definition) is 3. The minimum atomic E-state index is -0.471. The van der Waals surface area contributed by atoms with E-state index in [1.165, 1.54) is 0 Å². The second-order valence-corrected chi connectivity index (χ2v) is 6.04. The van der Waals surface area contributed by atoms with E-state index in [1.54, 1.807) is 0 Å².